The molecule has 13 heteroatoms. The van der Waals surface area contributed by atoms with Gasteiger partial charge in [-0.05, 0) is 57.4 Å². The highest BCUT2D eigenvalue weighted by atomic mass is 32.1. The Balaban J connectivity index is 0.000000648. The third-order valence-corrected chi connectivity index (χ3v) is 8.21. The smallest absolute Gasteiger partial charge is 0.370 e. The zero-order valence-electron chi connectivity index (χ0n) is 21.8. The summed E-state index contributed by atoms with van der Waals surface area (Å²) in [6.07, 6.45) is 2.14. The summed E-state index contributed by atoms with van der Waals surface area (Å²) < 4.78 is 59.3. The second kappa shape index (κ2) is 12.1. The molecule has 0 spiro atoms. The van der Waals surface area contributed by atoms with Crippen molar-refractivity contribution >= 4 is 29.0 Å². The van der Waals surface area contributed by atoms with E-state index in [1.54, 1.807) is 0 Å². The highest BCUT2D eigenvalue weighted by Gasteiger charge is 2.44. The molecule has 1 aliphatic carbocycles. The van der Waals surface area contributed by atoms with Crippen LogP contribution < -0.4 is 10.6 Å². The fourth-order valence-corrected chi connectivity index (χ4v) is 6.09. The molecule has 3 fully saturated rings. The molecule has 2 amide bonds. The SMILES string of the molecule is CC(F)(F)F.CCCNc1cc(C(F)F)c(-c2sc(C(=O)NC3CCC3)nc2C(=O)N2C3CCC2CC3)cn1. The van der Waals surface area contributed by atoms with Crippen molar-refractivity contribution in [3.05, 3.63) is 28.5 Å². The van der Waals surface area contributed by atoms with Gasteiger partial charge >= 0.3 is 6.18 Å². The summed E-state index contributed by atoms with van der Waals surface area (Å²) in [7, 11) is 0. The molecule has 5 rings (SSSR count). The Labute approximate surface area is 227 Å². The second-order valence-electron chi connectivity index (χ2n) is 10.1. The van der Waals surface area contributed by atoms with E-state index in [1.807, 2.05) is 11.8 Å². The van der Waals surface area contributed by atoms with E-state index < -0.39 is 12.6 Å². The lowest BCUT2D eigenvalue weighted by atomic mass is 9.93. The van der Waals surface area contributed by atoms with Gasteiger partial charge in [0.15, 0.2) is 5.01 Å². The van der Waals surface area contributed by atoms with Crippen LogP contribution in [-0.4, -0.2) is 57.5 Å². The molecule has 39 heavy (non-hydrogen) atoms. The van der Waals surface area contributed by atoms with E-state index in [0.717, 1.165) is 62.7 Å². The molecule has 2 N–H and O–H groups in total. The summed E-state index contributed by atoms with van der Waals surface area (Å²) in [6, 6.07) is 1.76. The largest absolute Gasteiger partial charge is 0.386 e. The molecule has 0 aromatic carbocycles. The monoisotopic (exact) mass is 573 g/mol. The maximum absolute atomic E-state index is 14.1. The lowest BCUT2D eigenvalue weighted by molar-refractivity contribution is -0.110. The Morgan fingerprint density at radius 3 is 2.26 bits per heavy atom. The number of carbonyl (C=O) groups excluding carboxylic acids is 2. The number of hydrogen-bond donors (Lipinski definition) is 2. The van der Waals surface area contributed by atoms with Gasteiger partial charge in [-0.1, -0.05) is 6.92 Å². The molecule has 2 saturated heterocycles. The average Bonchev–Trinajstić information content (AvgIpc) is 3.58. The summed E-state index contributed by atoms with van der Waals surface area (Å²) in [5.74, 6) is -0.265. The van der Waals surface area contributed by atoms with Crippen LogP contribution in [0.1, 0.15) is 97.5 Å². The lowest BCUT2D eigenvalue weighted by Gasteiger charge is -2.25. The summed E-state index contributed by atoms with van der Waals surface area (Å²) in [5, 5.41) is 6.11. The molecule has 214 valence electrons. The fourth-order valence-electron chi connectivity index (χ4n) is 5.10. The maximum Gasteiger partial charge on any atom is 0.386 e. The van der Waals surface area contributed by atoms with E-state index in [-0.39, 0.29) is 58.7 Å². The number of alkyl halides is 5. The van der Waals surface area contributed by atoms with Crippen LogP contribution >= 0.6 is 11.3 Å². The molecule has 7 nitrogen and oxygen atoms in total. The van der Waals surface area contributed by atoms with Crippen molar-refractivity contribution in [1.82, 2.24) is 20.2 Å². The van der Waals surface area contributed by atoms with Crippen LogP contribution in [-0.2, 0) is 0 Å². The Hall–Kier alpha value is -2.83. The molecule has 1 saturated carbocycles. The zero-order valence-corrected chi connectivity index (χ0v) is 22.6. The first-order valence-electron chi connectivity index (χ1n) is 13.2. The average molecular weight is 574 g/mol. The molecule has 4 heterocycles. The number of thiazole rings is 1. The standard InChI is InChI=1S/C24H29F2N5O2S.C2H3F3/c1-2-10-27-18-11-16(21(25)26)17(12-28-18)20-19(24(33)31-14-6-7-15(31)9-8-14)30-23(34-20)22(32)29-13-4-3-5-13;1-2(3,4)5/h11-15,21H,2-10H2,1H3,(H,27,28)(H,29,32);1H3. The van der Waals surface area contributed by atoms with Gasteiger partial charge in [0.05, 0.1) is 4.88 Å². The van der Waals surface area contributed by atoms with Crippen LogP contribution in [0.5, 0.6) is 0 Å². The van der Waals surface area contributed by atoms with Crippen molar-refractivity contribution in [2.45, 2.75) is 95.9 Å². The van der Waals surface area contributed by atoms with Crippen molar-refractivity contribution in [2.75, 3.05) is 11.9 Å². The Bertz CT molecular complexity index is 1160. The molecule has 2 aromatic rings. The van der Waals surface area contributed by atoms with Crippen LogP contribution in [0.15, 0.2) is 12.3 Å². The predicted octanol–water partition coefficient (Wildman–Crippen LogP) is 6.58. The van der Waals surface area contributed by atoms with E-state index >= 15 is 0 Å². The summed E-state index contributed by atoms with van der Waals surface area (Å²) in [6.45, 7) is 2.78. The second-order valence-corrected chi connectivity index (χ2v) is 11.1. The van der Waals surface area contributed by atoms with Crippen LogP contribution in [0.2, 0.25) is 0 Å². The van der Waals surface area contributed by atoms with E-state index in [9.17, 15) is 31.5 Å². The molecular weight excluding hydrogens is 541 g/mol. The third-order valence-electron chi connectivity index (χ3n) is 7.12. The molecule has 3 aliphatic rings. The van der Waals surface area contributed by atoms with E-state index in [0.29, 0.717) is 17.2 Å². The highest BCUT2D eigenvalue weighted by Crippen LogP contribution is 2.42. The first-order valence-corrected chi connectivity index (χ1v) is 14.0. The predicted molar refractivity (Wildman–Crippen MR) is 138 cm³/mol. The number of halogens is 5. The van der Waals surface area contributed by atoms with Crippen LogP contribution in [0.3, 0.4) is 0 Å². The number of rotatable bonds is 8. The number of aromatic nitrogens is 2. The van der Waals surface area contributed by atoms with Crippen LogP contribution in [0.4, 0.5) is 27.8 Å². The normalized spacial score (nSPS) is 20.5. The molecule has 2 aromatic heterocycles. The van der Waals surface area contributed by atoms with Gasteiger partial charge in [-0.15, -0.1) is 11.3 Å². The Kier molecular flexibility index (Phi) is 9.07. The molecule has 2 aliphatic heterocycles. The zero-order chi connectivity index (χ0) is 28.3. The van der Waals surface area contributed by atoms with Gasteiger partial charge in [-0.25, -0.2) is 18.7 Å². The van der Waals surface area contributed by atoms with Crippen molar-refractivity contribution in [3.63, 3.8) is 0 Å². The quantitative estimate of drug-likeness (QED) is 0.348. The minimum Gasteiger partial charge on any atom is -0.370 e. The Morgan fingerprint density at radius 2 is 1.74 bits per heavy atom. The Morgan fingerprint density at radius 1 is 1.13 bits per heavy atom. The number of nitrogens with one attached hydrogen (secondary N) is 2. The summed E-state index contributed by atoms with van der Waals surface area (Å²) >= 11 is 0.998. The number of fused-ring (bicyclic) bond motifs is 2. The highest BCUT2D eigenvalue weighted by molar-refractivity contribution is 7.17. The molecule has 0 radical (unpaired) electrons. The van der Waals surface area contributed by atoms with Gasteiger partial charge in [0, 0.05) is 48.9 Å². The number of carbonyl (C=O) groups is 2. The lowest BCUT2D eigenvalue weighted by Crippen LogP contribution is -2.39. The van der Waals surface area contributed by atoms with Gasteiger partial charge in [0.25, 0.3) is 18.2 Å². The number of nitrogens with zero attached hydrogens (tertiary/aromatic N) is 3. The van der Waals surface area contributed by atoms with Crippen molar-refractivity contribution < 1.29 is 31.5 Å². The van der Waals surface area contributed by atoms with Crippen LogP contribution in [0.25, 0.3) is 10.4 Å². The van der Waals surface area contributed by atoms with E-state index in [2.05, 4.69) is 20.6 Å². The van der Waals surface area contributed by atoms with Gasteiger partial charge in [0.2, 0.25) is 0 Å². The number of pyridine rings is 1. The van der Waals surface area contributed by atoms with E-state index in [1.165, 1.54) is 12.3 Å². The van der Waals surface area contributed by atoms with Crippen molar-refractivity contribution in [1.29, 1.82) is 0 Å². The van der Waals surface area contributed by atoms with E-state index in [4.69, 9.17) is 0 Å². The van der Waals surface area contributed by atoms with Gasteiger partial charge in [0.1, 0.15) is 11.5 Å². The summed E-state index contributed by atoms with van der Waals surface area (Å²) in [5.41, 5.74) is 0.0225. The summed E-state index contributed by atoms with van der Waals surface area (Å²) in [4.78, 5) is 37.4. The molecular formula is C26H32F5N5O2S. The number of anilines is 1. The number of amides is 2. The first-order chi connectivity index (χ1) is 18.5. The minimum absolute atomic E-state index is 0.0838. The first kappa shape index (κ1) is 29.2. The topological polar surface area (TPSA) is 87.2 Å². The van der Waals surface area contributed by atoms with Gasteiger partial charge in [-0.3, -0.25) is 9.59 Å². The molecule has 2 bridgehead atoms. The van der Waals surface area contributed by atoms with Crippen LogP contribution in [0, 0.1) is 0 Å². The fraction of sp³-hybridized carbons (Fsp3) is 0.615. The van der Waals surface area contributed by atoms with Crippen molar-refractivity contribution in [3.8, 4) is 10.4 Å². The third kappa shape index (κ3) is 7.03. The number of hydrogen-bond acceptors (Lipinski definition) is 6. The van der Waals surface area contributed by atoms with Crippen molar-refractivity contribution in [2.24, 2.45) is 0 Å². The minimum atomic E-state index is -4.00. The van der Waals surface area contributed by atoms with Gasteiger partial charge in [-0.2, -0.15) is 13.2 Å². The van der Waals surface area contributed by atoms with Gasteiger partial charge < -0.3 is 15.5 Å². The molecule has 0 atom stereocenters. The molecule has 0 unspecified atom stereocenters. The maximum atomic E-state index is 14.1.